The number of benzene rings is 1. The maximum atomic E-state index is 10.8. The van der Waals surface area contributed by atoms with E-state index < -0.39 is 0 Å². The van der Waals surface area contributed by atoms with E-state index in [1.54, 1.807) is 19.1 Å². The second-order valence-corrected chi connectivity index (χ2v) is 2.14. The monoisotopic (exact) mass is 352 g/mol. The van der Waals surface area contributed by atoms with Crippen LogP contribution >= 0.6 is 0 Å². The quantitative estimate of drug-likeness (QED) is 0.463. The van der Waals surface area contributed by atoms with E-state index in [2.05, 4.69) is 0 Å². The summed E-state index contributed by atoms with van der Waals surface area (Å²) >= 11 is 0. The van der Waals surface area contributed by atoms with Crippen molar-refractivity contribution in [3.8, 4) is 5.75 Å². The summed E-state index contributed by atoms with van der Waals surface area (Å²) in [6, 6.07) is 9.06. The Morgan fingerprint density at radius 2 is 1.92 bits per heavy atom. The third kappa shape index (κ3) is 3.86. The predicted molar refractivity (Wildman–Crippen MR) is 42.4 cm³/mol. The van der Waals surface area contributed by atoms with Crippen LogP contribution in [0.25, 0.3) is 0 Å². The van der Waals surface area contributed by atoms with Crippen LogP contribution in [0.15, 0.2) is 30.3 Å². The van der Waals surface area contributed by atoms with Gasteiger partial charge < -0.3 is 4.74 Å². The normalized spacial score (nSPS) is 8.42. The van der Waals surface area contributed by atoms with E-state index >= 15 is 0 Å². The Morgan fingerprint density at radius 1 is 1.33 bits per heavy atom. The molecule has 0 aromatic heterocycles. The molecule has 0 aliphatic heterocycles. The Morgan fingerprint density at radius 3 is 2.42 bits per heavy atom. The smallest absolute Gasteiger partial charge is 0.310 e. The fourth-order valence-corrected chi connectivity index (χ4v) is 0.692. The fourth-order valence-electron chi connectivity index (χ4n) is 0.692. The summed E-state index contributed by atoms with van der Waals surface area (Å²) in [5.74, 6) is 0.413. The molecule has 0 saturated heterocycles. The van der Waals surface area contributed by atoms with E-state index in [-0.39, 0.29) is 33.6 Å². The summed E-state index contributed by atoms with van der Waals surface area (Å²) < 4.78 is 4.92. The minimum Gasteiger partial charge on any atom is -0.427 e. The Balaban J connectivity index is 0.00000121. The van der Waals surface area contributed by atoms with E-state index in [1.165, 1.54) is 0 Å². The number of rotatable bonds is 2. The zero-order chi connectivity index (χ0) is 8.10. The van der Waals surface area contributed by atoms with Gasteiger partial charge in [0.1, 0.15) is 5.75 Å². The zero-order valence-electron chi connectivity index (χ0n) is 7.12. The number of hydrogen-bond donors (Lipinski definition) is 0. The van der Waals surface area contributed by atoms with Crippen LogP contribution < -0.4 is 4.74 Å². The van der Waals surface area contributed by atoms with Gasteiger partial charge in [0.25, 0.3) is 0 Å². The van der Waals surface area contributed by atoms with E-state index in [9.17, 15) is 4.79 Å². The Kier molecular flexibility index (Phi) is 5.98. The molecule has 0 N–H and O–H groups in total. The van der Waals surface area contributed by atoms with Gasteiger partial charge in [0.2, 0.25) is 0 Å². The molecular formula is C9H10HgO2. The molecule has 0 unspecified atom stereocenters. The van der Waals surface area contributed by atoms with Crippen molar-refractivity contribution in [2.75, 3.05) is 0 Å². The van der Waals surface area contributed by atoms with Crippen LogP contribution in [0, 0.1) is 0 Å². The molecule has 0 radical (unpaired) electrons. The van der Waals surface area contributed by atoms with Crippen molar-refractivity contribution < 1.29 is 37.2 Å². The predicted octanol–water partition coefficient (Wildman–Crippen LogP) is 2.00. The van der Waals surface area contributed by atoms with Crippen molar-refractivity contribution in [3.05, 3.63) is 30.3 Å². The van der Waals surface area contributed by atoms with Crippen LogP contribution in [-0.2, 0) is 32.5 Å². The van der Waals surface area contributed by atoms with Crippen molar-refractivity contribution in [3.63, 3.8) is 0 Å². The number of carbonyl (C=O) groups excluding carboxylic acids is 1. The fraction of sp³-hybridized carbons (Fsp3) is 0.222. The summed E-state index contributed by atoms with van der Waals surface area (Å²) in [4.78, 5) is 10.8. The van der Waals surface area contributed by atoms with Crippen LogP contribution in [0.2, 0.25) is 0 Å². The van der Waals surface area contributed by atoms with Gasteiger partial charge in [-0.15, -0.1) is 0 Å². The molecule has 1 aromatic rings. The maximum Gasteiger partial charge on any atom is 0.310 e. The topological polar surface area (TPSA) is 26.3 Å². The van der Waals surface area contributed by atoms with Crippen LogP contribution in [0.1, 0.15) is 13.3 Å². The number of ether oxygens (including phenoxy) is 1. The molecule has 0 amide bonds. The number of carbonyl (C=O) groups is 1. The summed E-state index contributed by atoms with van der Waals surface area (Å²) in [7, 11) is 0. The Labute approximate surface area is 92.4 Å². The van der Waals surface area contributed by atoms with Crippen molar-refractivity contribution in [2.45, 2.75) is 13.3 Å². The summed E-state index contributed by atoms with van der Waals surface area (Å²) in [6.45, 7) is 1.77. The third-order valence-electron chi connectivity index (χ3n) is 1.26. The first-order valence-electron chi connectivity index (χ1n) is 3.58. The number of para-hydroxylation sites is 1. The van der Waals surface area contributed by atoms with Crippen LogP contribution in [0.3, 0.4) is 0 Å². The van der Waals surface area contributed by atoms with Gasteiger partial charge >= 0.3 is 5.97 Å². The van der Waals surface area contributed by atoms with Gasteiger partial charge in [-0.25, -0.2) is 0 Å². The first kappa shape index (κ1) is 11.6. The minimum atomic E-state index is -0.198. The summed E-state index contributed by atoms with van der Waals surface area (Å²) in [5, 5.41) is 0. The molecule has 0 aliphatic rings. The summed E-state index contributed by atoms with van der Waals surface area (Å²) in [6.07, 6.45) is 0.412. The minimum absolute atomic E-state index is 0. The van der Waals surface area contributed by atoms with Crippen molar-refractivity contribution >= 4 is 5.97 Å². The van der Waals surface area contributed by atoms with E-state index in [0.717, 1.165) is 0 Å². The Bertz CT molecular complexity index is 234. The molecule has 12 heavy (non-hydrogen) atoms. The molecule has 1 aromatic carbocycles. The average Bonchev–Trinajstić information content (AvgIpc) is 2.06. The van der Waals surface area contributed by atoms with Gasteiger partial charge in [-0.3, -0.25) is 4.79 Å². The first-order chi connectivity index (χ1) is 5.33. The molecule has 0 fully saturated rings. The molecule has 0 aliphatic carbocycles. The van der Waals surface area contributed by atoms with Crippen LogP contribution in [0.5, 0.6) is 5.75 Å². The molecule has 0 heterocycles. The van der Waals surface area contributed by atoms with Crippen molar-refractivity contribution in [1.82, 2.24) is 0 Å². The van der Waals surface area contributed by atoms with Gasteiger partial charge in [0, 0.05) is 34.1 Å². The molecule has 1 rings (SSSR count). The molecule has 3 heteroatoms. The SMILES string of the molecule is CCC(=O)Oc1ccccc1.[Hg]. The second kappa shape index (κ2) is 6.18. The standard InChI is InChI=1S/C9H10O2.Hg/c1-2-9(10)11-8-6-4-3-5-7-8;/h3-7H,2H2,1H3;. The largest absolute Gasteiger partial charge is 0.427 e. The van der Waals surface area contributed by atoms with Gasteiger partial charge in [0.15, 0.2) is 0 Å². The number of hydrogen-bond acceptors (Lipinski definition) is 2. The van der Waals surface area contributed by atoms with E-state index in [0.29, 0.717) is 12.2 Å². The third-order valence-corrected chi connectivity index (χ3v) is 1.26. The zero-order valence-corrected chi connectivity index (χ0v) is 12.6. The van der Waals surface area contributed by atoms with Crippen LogP contribution in [0.4, 0.5) is 0 Å². The van der Waals surface area contributed by atoms with Gasteiger partial charge in [-0.05, 0) is 12.1 Å². The van der Waals surface area contributed by atoms with Gasteiger partial charge in [0.05, 0.1) is 0 Å². The first-order valence-corrected chi connectivity index (χ1v) is 3.58. The van der Waals surface area contributed by atoms with Crippen LogP contribution in [-0.4, -0.2) is 5.97 Å². The molecule has 0 spiro atoms. The molecule has 2 nitrogen and oxygen atoms in total. The summed E-state index contributed by atoms with van der Waals surface area (Å²) in [5.41, 5.74) is 0. The van der Waals surface area contributed by atoms with E-state index in [4.69, 9.17) is 4.74 Å². The Hall–Kier alpha value is -0.375. The molecule has 60 valence electrons. The van der Waals surface area contributed by atoms with E-state index in [1.807, 2.05) is 18.2 Å². The van der Waals surface area contributed by atoms with Crippen molar-refractivity contribution in [2.24, 2.45) is 0 Å². The van der Waals surface area contributed by atoms with Crippen molar-refractivity contribution in [1.29, 1.82) is 0 Å². The second-order valence-electron chi connectivity index (χ2n) is 2.14. The average molecular weight is 351 g/mol. The number of esters is 1. The molecule has 0 atom stereocenters. The molecular weight excluding hydrogens is 341 g/mol. The molecule has 0 saturated carbocycles. The van der Waals surface area contributed by atoms with Gasteiger partial charge in [-0.1, -0.05) is 25.1 Å². The van der Waals surface area contributed by atoms with Gasteiger partial charge in [-0.2, -0.15) is 0 Å². The molecule has 0 bridgehead atoms. The maximum absolute atomic E-state index is 10.8.